The van der Waals surface area contributed by atoms with Gasteiger partial charge in [-0.25, -0.2) is 4.98 Å². The van der Waals surface area contributed by atoms with Gasteiger partial charge >= 0.3 is 0 Å². The number of hydrogen-bond donors (Lipinski definition) is 2. The SMILES string of the molecule is CC[C@H](C)c1ccc2oc(-c3cccc(NC(=S)NC(=O)c4ccc(Cl)cc4)c3)nc2c1. The van der Waals surface area contributed by atoms with Crippen LogP contribution in [0.2, 0.25) is 5.02 Å². The molecule has 162 valence electrons. The summed E-state index contributed by atoms with van der Waals surface area (Å²) in [6, 6.07) is 20.3. The first-order valence-electron chi connectivity index (χ1n) is 10.3. The molecule has 0 bridgehead atoms. The van der Waals surface area contributed by atoms with Crippen molar-refractivity contribution in [1.29, 1.82) is 0 Å². The Hall–Kier alpha value is -3.22. The van der Waals surface area contributed by atoms with Crippen LogP contribution in [0.4, 0.5) is 5.69 Å². The van der Waals surface area contributed by atoms with Gasteiger partial charge in [0.1, 0.15) is 5.52 Å². The van der Waals surface area contributed by atoms with Crippen LogP contribution >= 0.6 is 23.8 Å². The number of carbonyl (C=O) groups is 1. The highest BCUT2D eigenvalue weighted by atomic mass is 35.5. The van der Waals surface area contributed by atoms with Crippen LogP contribution in [-0.4, -0.2) is 16.0 Å². The molecule has 7 heteroatoms. The molecule has 1 heterocycles. The molecule has 0 aliphatic carbocycles. The monoisotopic (exact) mass is 463 g/mol. The Kier molecular flexibility index (Phi) is 6.53. The Balaban J connectivity index is 1.49. The van der Waals surface area contributed by atoms with Crippen LogP contribution < -0.4 is 10.6 Å². The zero-order valence-electron chi connectivity index (χ0n) is 17.7. The van der Waals surface area contributed by atoms with Crippen LogP contribution in [-0.2, 0) is 0 Å². The van der Waals surface area contributed by atoms with E-state index in [-0.39, 0.29) is 11.0 Å². The number of fused-ring (bicyclic) bond motifs is 1. The number of halogens is 1. The molecule has 0 aliphatic rings. The highest BCUT2D eigenvalue weighted by Gasteiger charge is 2.12. The molecule has 2 N–H and O–H groups in total. The van der Waals surface area contributed by atoms with Crippen molar-refractivity contribution in [2.75, 3.05) is 5.32 Å². The lowest BCUT2D eigenvalue weighted by molar-refractivity contribution is 0.0977. The molecule has 5 nitrogen and oxygen atoms in total. The summed E-state index contributed by atoms with van der Waals surface area (Å²) in [5.41, 5.74) is 4.82. The fraction of sp³-hybridized carbons (Fsp3) is 0.160. The van der Waals surface area contributed by atoms with E-state index in [9.17, 15) is 4.79 Å². The second-order valence-electron chi connectivity index (χ2n) is 7.55. The first kappa shape index (κ1) is 22.0. The average molecular weight is 464 g/mol. The van der Waals surface area contributed by atoms with Crippen LogP contribution in [0, 0.1) is 0 Å². The number of aromatic nitrogens is 1. The van der Waals surface area contributed by atoms with Crippen molar-refractivity contribution in [3.63, 3.8) is 0 Å². The van der Waals surface area contributed by atoms with Gasteiger partial charge in [0, 0.05) is 21.8 Å². The molecular formula is C25H22ClN3O2S. The third kappa shape index (κ3) is 4.98. The van der Waals surface area contributed by atoms with Crippen LogP contribution in [0.1, 0.15) is 42.1 Å². The van der Waals surface area contributed by atoms with Crippen molar-refractivity contribution < 1.29 is 9.21 Å². The molecule has 0 unspecified atom stereocenters. The predicted molar refractivity (Wildman–Crippen MR) is 133 cm³/mol. The predicted octanol–water partition coefficient (Wildman–Crippen LogP) is 6.79. The number of nitrogens with one attached hydrogen (secondary N) is 2. The van der Waals surface area contributed by atoms with Gasteiger partial charge in [0.05, 0.1) is 0 Å². The quantitative estimate of drug-likeness (QED) is 0.319. The van der Waals surface area contributed by atoms with E-state index < -0.39 is 0 Å². The normalized spacial score (nSPS) is 11.8. The number of thiocarbonyl (C=S) groups is 1. The first-order valence-corrected chi connectivity index (χ1v) is 11.1. The van der Waals surface area contributed by atoms with E-state index in [0.29, 0.717) is 28.1 Å². The largest absolute Gasteiger partial charge is 0.436 e. The van der Waals surface area contributed by atoms with Crippen LogP contribution in [0.15, 0.2) is 71.1 Å². The van der Waals surface area contributed by atoms with Crippen LogP contribution in [0.25, 0.3) is 22.6 Å². The van der Waals surface area contributed by atoms with E-state index in [2.05, 4.69) is 41.6 Å². The number of nitrogens with zero attached hydrogens (tertiary/aromatic N) is 1. The summed E-state index contributed by atoms with van der Waals surface area (Å²) in [4.78, 5) is 17.0. The molecule has 3 aromatic carbocycles. The van der Waals surface area contributed by atoms with Crippen molar-refractivity contribution in [2.45, 2.75) is 26.2 Å². The number of carbonyl (C=O) groups excluding carboxylic acids is 1. The molecule has 0 spiro atoms. The number of benzene rings is 3. The van der Waals surface area contributed by atoms with Gasteiger partial charge in [-0.3, -0.25) is 10.1 Å². The lowest BCUT2D eigenvalue weighted by Crippen LogP contribution is -2.34. The summed E-state index contributed by atoms with van der Waals surface area (Å²) in [7, 11) is 0. The summed E-state index contributed by atoms with van der Waals surface area (Å²) < 4.78 is 5.96. The molecule has 0 saturated carbocycles. The van der Waals surface area contributed by atoms with Gasteiger partial charge in [-0.05, 0) is 84.7 Å². The van der Waals surface area contributed by atoms with E-state index in [1.807, 2.05) is 30.3 Å². The summed E-state index contributed by atoms with van der Waals surface area (Å²) in [6.07, 6.45) is 1.07. The summed E-state index contributed by atoms with van der Waals surface area (Å²) in [6.45, 7) is 4.37. The first-order chi connectivity index (χ1) is 15.4. The summed E-state index contributed by atoms with van der Waals surface area (Å²) in [5, 5.41) is 6.46. The smallest absolute Gasteiger partial charge is 0.257 e. The highest BCUT2D eigenvalue weighted by Crippen LogP contribution is 2.29. The zero-order chi connectivity index (χ0) is 22.7. The van der Waals surface area contributed by atoms with Crippen LogP contribution in [0.5, 0.6) is 0 Å². The molecule has 4 rings (SSSR count). The maximum atomic E-state index is 12.3. The minimum Gasteiger partial charge on any atom is -0.436 e. The Bertz CT molecular complexity index is 1280. The minimum absolute atomic E-state index is 0.192. The highest BCUT2D eigenvalue weighted by molar-refractivity contribution is 7.80. The Morgan fingerprint density at radius 1 is 1.12 bits per heavy atom. The van der Waals surface area contributed by atoms with E-state index in [1.54, 1.807) is 24.3 Å². The van der Waals surface area contributed by atoms with E-state index >= 15 is 0 Å². The maximum Gasteiger partial charge on any atom is 0.257 e. The average Bonchev–Trinajstić information content (AvgIpc) is 3.22. The van der Waals surface area contributed by atoms with Gasteiger partial charge in [-0.2, -0.15) is 0 Å². The number of anilines is 1. The van der Waals surface area contributed by atoms with E-state index in [4.69, 9.17) is 28.2 Å². The maximum absolute atomic E-state index is 12.3. The number of rotatable bonds is 5. The lowest BCUT2D eigenvalue weighted by atomic mass is 9.98. The topological polar surface area (TPSA) is 67.2 Å². The molecule has 1 amide bonds. The molecular weight excluding hydrogens is 442 g/mol. The minimum atomic E-state index is -0.314. The van der Waals surface area contributed by atoms with E-state index in [1.165, 1.54) is 5.56 Å². The van der Waals surface area contributed by atoms with Gasteiger partial charge in [0.2, 0.25) is 5.89 Å². The molecule has 0 radical (unpaired) electrons. The number of oxazole rings is 1. The standard InChI is InChI=1S/C25H22ClN3O2S/c1-3-15(2)17-9-12-22-21(14-17)28-24(31-22)18-5-4-6-20(13-18)27-25(32)29-23(30)16-7-10-19(26)11-8-16/h4-15H,3H2,1-2H3,(H2,27,29,30,32)/t15-/m0/s1. The molecule has 0 saturated heterocycles. The molecule has 0 aliphatic heterocycles. The number of hydrogen-bond acceptors (Lipinski definition) is 4. The molecule has 1 atom stereocenters. The van der Waals surface area contributed by atoms with Crippen molar-refractivity contribution >= 4 is 51.6 Å². The summed E-state index contributed by atoms with van der Waals surface area (Å²) in [5.74, 6) is 0.684. The van der Waals surface area contributed by atoms with Gasteiger partial charge in [-0.15, -0.1) is 0 Å². The fourth-order valence-electron chi connectivity index (χ4n) is 3.28. The summed E-state index contributed by atoms with van der Waals surface area (Å²) >= 11 is 11.2. The van der Waals surface area contributed by atoms with Crippen molar-refractivity contribution in [2.24, 2.45) is 0 Å². The molecule has 4 aromatic rings. The molecule has 0 fully saturated rings. The molecule has 1 aromatic heterocycles. The van der Waals surface area contributed by atoms with Gasteiger partial charge < -0.3 is 9.73 Å². The second-order valence-corrected chi connectivity index (χ2v) is 8.40. The molecule has 32 heavy (non-hydrogen) atoms. The van der Waals surface area contributed by atoms with E-state index in [0.717, 1.165) is 23.1 Å². The van der Waals surface area contributed by atoms with Crippen LogP contribution in [0.3, 0.4) is 0 Å². The third-order valence-corrected chi connectivity index (χ3v) is 5.75. The van der Waals surface area contributed by atoms with Gasteiger partial charge in [-0.1, -0.05) is 37.6 Å². The third-order valence-electron chi connectivity index (χ3n) is 5.29. The van der Waals surface area contributed by atoms with Crippen molar-refractivity contribution in [1.82, 2.24) is 10.3 Å². The van der Waals surface area contributed by atoms with Crippen molar-refractivity contribution in [3.05, 3.63) is 82.9 Å². The lowest BCUT2D eigenvalue weighted by Gasteiger charge is -2.10. The Labute approximate surface area is 196 Å². The Morgan fingerprint density at radius 2 is 1.91 bits per heavy atom. The fourth-order valence-corrected chi connectivity index (χ4v) is 3.62. The number of amides is 1. The van der Waals surface area contributed by atoms with Crippen molar-refractivity contribution in [3.8, 4) is 11.5 Å². The zero-order valence-corrected chi connectivity index (χ0v) is 19.3. The second kappa shape index (κ2) is 9.51. The van der Waals surface area contributed by atoms with Gasteiger partial charge in [0.15, 0.2) is 10.7 Å². The Morgan fingerprint density at radius 3 is 2.66 bits per heavy atom. The van der Waals surface area contributed by atoms with Gasteiger partial charge in [0.25, 0.3) is 5.91 Å².